The molecule has 0 bridgehead atoms. The van der Waals surface area contributed by atoms with Gasteiger partial charge in [-0.15, -0.1) is 0 Å². The second-order valence-electron chi connectivity index (χ2n) is 3.83. The van der Waals surface area contributed by atoms with E-state index in [4.69, 9.17) is 4.42 Å². The first-order chi connectivity index (χ1) is 8.63. The van der Waals surface area contributed by atoms with Gasteiger partial charge in [0.1, 0.15) is 17.1 Å². The van der Waals surface area contributed by atoms with Crippen LogP contribution in [-0.4, -0.2) is 15.0 Å². The van der Waals surface area contributed by atoms with Crippen molar-refractivity contribution >= 4 is 11.0 Å². The Morgan fingerprint density at radius 3 is 2.89 bits per heavy atom. The maximum absolute atomic E-state index is 13.0. The molecule has 0 aliphatic carbocycles. The Balaban J connectivity index is 2.28. The van der Waals surface area contributed by atoms with Crippen molar-refractivity contribution in [2.24, 2.45) is 7.05 Å². The zero-order valence-electron chi connectivity index (χ0n) is 9.42. The summed E-state index contributed by atoms with van der Waals surface area (Å²) in [6.45, 7) is 0. The Morgan fingerprint density at radius 1 is 1.33 bits per heavy atom. The van der Waals surface area contributed by atoms with Crippen molar-refractivity contribution in [1.82, 2.24) is 15.0 Å². The molecule has 0 aliphatic heterocycles. The number of rotatable bonds is 1. The molecule has 0 aliphatic rings. The molecule has 0 saturated heterocycles. The number of hydrogen-bond acceptors (Lipinski definition) is 4. The zero-order valence-corrected chi connectivity index (χ0v) is 9.42. The summed E-state index contributed by atoms with van der Waals surface area (Å²) < 4.78 is 18.6. The molecule has 18 heavy (non-hydrogen) atoms. The van der Waals surface area contributed by atoms with Gasteiger partial charge in [0.15, 0.2) is 11.2 Å². The number of fused-ring (bicyclic) bond motifs is 1. The average Bonchev–Trinajstić information content (AvgIpc) is 2.77. The van der Waals surface area contributed by atoms with E-state index in [9.17, 15) is 9.18 Å². The van der Waals surface area contributed by atoms with E-state index < -0.39 is 5.82 Å². The van der Waals surface area contributed by atoms with Crippen molar-refractivity contribution < 1.29 is 8.81 Å². The number of nitrogens with zero attached hydrogens (tertiary/aromatic N) is 3. The first kappa shape index (κ1) is 10.6. The Labute approximate surface area is 100 Å². The molecule has 0 amide bonds. The predicted octanol–water partition coefficient (Wildman–Crippen LogP) is 1.73. The summed E-state index contributed by atoms with van der Waals surface area (Å²) >= 11 is 0. The standard InChI is InChI=1S/C12H8FN3O2/c1-16-14-6-9(15-16)12-5-10(17)8-4-7(13)2-3-11(8)18-12/h2-6H,1H3. The number of halogens is 1. The van der Waals surface area contributed by atoms with Gasteiger partial charge in [0.2, 0.25) is 0 Å². The summed E-state index contributed by atoms with van der Waals surface area (Å²) in [6, 6.07) is 5.10. The van der Waals surface area contributed by atoms with Crippen molar-refractivity contribution in [2.45, 2.75) is 0 Å². The average molecular weight is 245 g/mol. The fourth-order valence-electron chi connectivity index (χ4n) is 1.71. The van der Waals surface area contributed by atoms with Gasteiger partial charge in [-0.2, -0.15) is 15.0 Å². The second kappa shape index (κ2) is 3.76. The highest BCUT2D eigenvalue weighted by atomic mass is 19.1. The van der Waals surface area contributed by atoms with E-state index in [0.717, 1.165) is 6.07 Å². The van der Waals surface area contributed by atoms with Crippen LogP contribution in [0.4, 0.5) is 4.39 Å². The van der Waals surface area contributed by atoms with Crippen LogP contribution >= 0.6 is 0 Å². The quantitative estimate of drug-likeness (QED) is 0.655. The summed E-state index contributed by atoms with van der Waals surface area (Å²) in [5, 5.41) is 8.16. The lowest BCUT2D eigenvalue weighted by molar-refractivity contribution is 0.601. The SMILES string of the molecule is Cn1ncc(-c2cc(=O)c3cc(F)ccc3o2)n1. The second-order valence-corrected chi connectivity index (χ2v) is 3.83. The molecule has 0 N–H and O–H groups in total. The van der Waals surface area contributed by atoms with Crippen molar-refractivity contribution in [3.63, 3.8) is 0 Å². The molecule has 6 heteroatoms. The van der Waals surface area contributed by atoms with E-state index in [-0.39, 0.29) is 10.8 Å². The number of hydrogen-bond donors (Lipinski definition) is 0. The third-order valence-electron chi connectivity index (χ3n) is 2.54. The van der Waals surface area contributed by atoms with Crippen LogP contribution in [0.2, 0.25) is 0 Å². The summed E-state index contributed by atoms with van der Waals surface area (Å²) in [5.41, 5.74) is 0.474. The molecule has 0 atom stereocenters. The van der Waals surface area contributed by atoms with Crippen LogP contribution in [0.1, 0.15) is 0 Å². The molecule has 0 unspecified atom stereocenters. The molecule has 0 saturated carbocycles. The van der Waals surface area contributed by atoms with Gasteiger partial charge in [-0.25, -0.2) is 4.39 Å². The van der Waals surface area contributed by atoms with Crippen LogP contribution in [0.15, 0.2) is 39.7 Å². The predicted molar refractivity (Wildman–Crippen MR) is 62.4 cm³/mol. The van der Waals surface area contributed by atoms with Crippen LogP contribution < -0.4 is 5.43 Å². The maximum Gasteiger partial charge on any atom is 0.193 e. The largest absolute Gasteiger partial charge is 0.454 e. The molecule has 5 nitrogen and oxygen atoms in total. The van der Waals surface area contributed by atoms with E-state index in [1.54, 1.807) is 7.05 Å². The molecule has 3 rings (SSSR count). The molecule has 0 spiro atoms. The lowest BCUT2D eigenvalue weighted by Gasteiger charge is -1.99. The van der Waals surface area contributed by atoms with Crippen LogP contribution in [0.5, 0.6) is 0 Å². The van der Waals surface area contributed by atoms with Gasteiger partial charge in [0, 0.05) is 13.1 Å². The summed E-state index contributed by atoms with van der Waals surface area (Å²) in [5.74, 6) is -0.158. The fourth-order valence-corrected chi connectivity index (χ4v) is 1.71. The summed E-state index contributed by atoms with van der Waals surface area (Å²) in [6.07, 6.45) is 1.49. The minimum Gasteiger partial charge on any atom is -0.454 e. The Hall–Kier alpha value is -2.50. The minimum atomic E-state index is -0.470. The van der Waals surface area contributed by atoms with E-state index >= 15 is 0 Å². The van der Waals surface area contributed by atoms with E-state index in [1.165, 1.54) is 29.2 Å². The molecule has 0 radical (unpaired) electrons. The molecule has 0 fully saturated rings. The highest BCUT2D eigenvalue weighted by Crippen LogP contribution is 2.20. The number of benzene rings is 1. The third kappa shape index (κ3) is 1.67. The van der Waals surface area contributed by atoms with Crippen molar-refractivity contribution in [1.29, 1.82) is 0 Å². The highest BCUT2D eigenvalue weighted by molar-refractivity contribution is 5.78. The third-order valence-corrected chi connectivity index (χ3v) is 2.54. The Bertz CT molecular complexity index is 791. The topological polar surface area (TPSA) is 60.9 Å². The molecule has 2 heterocycles. The molecule has 1 aromatic carbocycles. The lowest BCUT2D eigenvalue weighted by atomic mass is 10.2. The highest BCUT2D eigenvalue weighted by Gasteiger charge is 2.10. The summed E-state index contributed by atoms with van der Waals surface area (Å²) in [7, 11) is 1.66. The first-order valence-corrected chi connectivity index (χ1v) is 5.23. The Morgan fingerprint density at radius 2 is 2.17 bits per heavy atom. The monoisotopic (exact) mass is 245 g/mol. The van der Waals surface area contributed by atoms with Gasteiger partial charge < -0.3 is 4.42 Å². The van der Waals surface area contributed by atoms with E-state index in [0.29, 0.717) is 17.0 Å². The van der Waals surface area contributed by atoms with Crippen LogP contribution in [0, 0.1) is 5.82 Å². The molecule has 90 valence electrons. The van der Waals surface area contributed by atoms with E-state index in [2.05, 4.69) is 10.2 Å². The lowest BCUT2D eigenvalue weighted by Crippen LogP contribution is -2.01. The smallest absolute Gasteiger partial charge is 0.193 e. The summed E-state index contributed by atoms with van der Waals surface area (Å²) in [4.78, 5) is 13.2. The van der Waals surface area contributed by atoms with Gasteiger partial charge >= 0.3 is 0 Å². The first-order valence-electron chi connectivity index (χ1n) is 5.23. The van der Waals surface area contributed by atoms with Crippen molar-refractivity contribution in [2.75, 3.05) is 0 Å². The van der Waals surface area contributed by atoms with Crippen LogP contribution in [0.3, 0.4) is 0 Å². The van der Waals surface area contributed by atoms with Crippen LogP contribution in [-0.2, 0) is 7.05 Å². The number of aryl methyl sites for hydroxylation is 1. The van der Waals surface area contributed by atoms with Crippen LogP contribution in [0.25, 0.3) is 22.4 Å². The minimum absolute atomic E-state index is 0.211. The fraction of sp³-hybridized carbons (Fsp3) is 0.0833. The molecular weight excluding hydrogens is 237 g/mol. The van der Waals surface area contributed by atoms with Gasteiger partial charge in [-0.3, -0.25) is 4.79 Å². The van der Waals surface area contributed by atoms with E-state index in [1.807, 2.05) is 0 Å². The van der Waals surface area contributed by atoms with Crippen molar-refractivity contribution in [3.8, 4) is 11.5 Å². The number of aromatic nitrogens is 3. The van der Waals surface area contributed by atoms with Crippen molar-refractivity contribution in [3.05, 3.63) is 46.5 Å². The van der Waals surface area contributed by atoms with Gasteiger partial charge in [0.25, 0.3) is 0 Å². The molecular formula is C12H8FN3O2. The van der Waals surface area contributed by atoms with Gasteiger partial charge in [-0.1, -0.05) is 0 Å². The normalized spacial score (nSPS) is 11.0. The molecule has 3 aromatic rings. The maximum atomic E-state index is 13.0. The zero-order chi connectivity index (χ0) is 12.7. The van der Waals surface area contributed by atoms with Gasteiger partial charge in [-0.05, 0) is 18.2 Å². The van der Waals surface area contributed by atoms with Gasteiger partial charge in [0.05, 0.1) is 11.6 Å². The Kier molecular flexibility index (Phi) is 2.22. The molecule has 2 aromatic heterocycles.